The summed E-state index contributed by atoms with van der Waals surface area (Å²) >= 11 is 0. The molecule has 152 valence electrons. The van der Waals surface area contributed by atoms with Crippen molar-refractivity contribution in [3.8, 4) is 0 Å². The van der Waals surface area contributed by atoms with Gasteiger partial charge in [0.25, 0.3) is 0 Å². The Morgan fingerprint density at radius 2 is 2.07 bits per heavy atom. The molecule has 1 N–H and O–H groups in total. The lowest BCUT2D eigenvalue weighted by atomic mass is 9.91. The summed E-state index contributed by atoms with van der Waals surface area (Å²) < 4.78 is 26.2. The number of hydrogen-bond acceptors (Lipinski definition) is 4. The summed E-state index contributed by atoms with van der Waals surface area (Å²) in [6, 6.07) is 4.48. The maximum absolute atomic E-state index is 13.9. The quantitative estimate of drug-likeness (QED) is 0.808. The van der Waals surface area contributed by atoms with E-state index < -0.39 is 11.7 Å². The number of rotatable bonds is 4. The van der Waals surface area contributed by atoms with Crippen LogP contribution in [0.3, 0.4) is 0 Å². The Bertz CT molecular complexity index is 898. The Morgan fingerprint density at radius 1 is 1.32 bits per heavy atom. The molecule has 0 unspecified atom stereocenters. The number of ether oxygens (including phenoxy) is 2. The second kappa shape index (κ2) is 7.81. The van der Waals surface area contributed by atoms with Crippen molar-refractivity contribution in [3.63, 3.8) is 0 Å². The molecule has 7 heteroatoms. The summed E-state index contributed by atoms with van der Waals surface area (Å²) in [6.07, 6.45) is 1.49. The van der Waals surface area contributed by atoms with Crippen molar-refractivity contribution in [2.45, 2.75) is 65.1 Å². The van der Waals surface area contributed by atoms with Gasteiger partial charge in [0.1, 0.15) is 18.0 Å². The van der Waals surface area contributed by atoms with E-state index in [-0.39, 0.29) is 24.4 Å². The van der Waals surface area contributed by atoms with Crippen molar-refractivity contribution in [1.82, 2.24) is 9.88 Å². The van der Waals surface area contributed by atoms with E-state index in [2.05, 4.69) is 5.32 Å². The summed E-state index contributed by atoms with van der Waals surface area (Å²) in [4.78, 5) is 24.2. The minimum Gasteiger partial charge on any atom is -0.465 e. The van der Waals surface area contributed by atoms with Gasteiger partial charge in [-0.05, 0) is 70.7 Å². The van der Waals surface area contributed by atoms with Gasteiger partial charge >= 0.3 is 12.1 Å². The topological polar surface area (TPSA) is 69.6 Å². The first-order chi connectivity index (χ1) is 13.2. The van der Waals surface area contributed by atoms with E-state index in [0.29, 0.717) is 25.9 Å². The number of nitrogens with zero attached hydrogens (tertiary/aromatic N) is 1. The predicted molar refractivity (Wildman–Crippen MR) is 104 cm³/mol. The van der Waals surface area contributed by atoms with Gasteiger partial charge in [0.15, 0.2) is 0 Å². The van der Waals surface area contributed by atoms with Gasteiger partial charge in [-0.3, -0.25) is 4.79 Å². The molecule has 3 rings (SSSR count). The predicted octanol–water partition coefficient (Wildman–Crippen LogP) is 3.73. The average Bonchev–Trinajstić information content (AvgIpc) is 2.86. The lowest BCUT2D eigenvalue weighted by molar-refractivity contribution is -0.143. The van der Waals surface area contributed by atoms with Gasteiger partial charge in [-0.2, -0.15) is 0 Å². The van der Waals surface area contributed by atoms with Crippen LogP contribution in [0.1, 0.15) is 45.4 Å². The number of nitrogens with one attached hydrogen (secondary N) is 1. The number of aromatic nitrogens is 1. The number of carbonyl (C=O) groups excluding carboxylic acids is 2. The Morgan fingerprint density at radius 3 is 2.75 bits per heavy atom. The van der Waals surface area contributed by atoms with Crippen LogP contribution < -0.4 is 5.32 Å². The van der Waals surface area contributed by atoms with E-state index in [9.17, 15) is 14.0 Å². The first kappa shape index (κ1) is 20.2. The van der Waals surface area contributed by atoms with Crippen LogP contribution in [0, 0.1) is 5.82 Å². The van der Waals surface area contributed by atoms with E-state index in [4.69, 9.17) is 9.47 Å². The highest BCUT2D eigenvalue weighted by Crippen LogP contribution is 2.33. The Balaban J connectivity index is 1.89. The van der Waals surface area contributed by atoms with Gasteiger partial charge in [-0.1, -0.05) is 0 Å². The fourth-order valence-corrected chi connectivity index (χ4v) is 3.74. The molecule has 0 saturated carbocycles. The van der Waals surface area contributed by atoms with Crippen LogP contribution in [0.5, 0.6) is 0 Å². The third-order valence-electron chi connectivity index (χ3n) is 4.74. The maximum atomic E-state index is 13.9. The van der Waals surface area contributed by atoms with E-state index >= 15 is 0 Å². The third-order valence-corrected chi connectivity index (χ3v) is 4.74. The minimum atomic E-state index is -0.567. The molecule has 0 aliphatic heterocycles. The standard InChI is InChI=1S/C21H27FN2O4/c1-5-27-19(25)12-24-17-8-6-13(22)10-15(17)16-11-14(7-9-18(16)24)23-20(26)28-21(2,3)4/h6,8,10,14H,5,7,9,11-12H2,1-4H3,(H,23,26)/t14-/m0/s1. The number of halogens is 1. The molecule has 1 aliphatic carbocycles. The van der Waals surface area contributed by atoms with Gasteiger partial charge in [-0.25, -0.2) is 9.18 Å². The Hall–Kier alpha value is -2.57. The van der Waals surface area contributed by atoms with Crippen LogP contribution in [-0.4, -0.2) is 34.9 Å². The van der Waals surface area contributed by atoms with Crippen molar-refractivity contribution >= 4 is 23.0 Å². The first-order valence-electron chi connectivity index (χ1n) is 9.62. The smallest absolute Gasteiger partial charge is 0.407 e. The summed E-state index contributed by atoms with van der Waals surface area (Å²) in [5.41, 5.74) is 2.20. The highest BCUT2D eigenvalue weighted by Gasteiger charge is 2.28. The number of esters is 1. The highest BCUT2D eigenvalue weighted by atomic mass is 19.1. The zero-order valence-electron chi connectivity index (χ0n) is 16.8. The largest absolute Gasteiger partial charge is 0.465 e. The summed E-state index contributed by atoms with van der Waals surface area (Å²) in [5, 5.41) is 3.68. The highest BCUT2D eigenvalue weighted by molar-refractivity contribution is 5.87. The lowest BCUT2D eigenvalue weighted by Crippen LogP contribution is -2.42. The van der Waals surface area contributed by atoms with E-state index in [1.807, 2.05) is 25.3 Å². The van der Waals surface area contributed by atoms with E-state index in [1.165, 1.54) is 12.1 Å². The van der Waals surface area contributed by atoms with Crippen LogP contribution >= 0.6 is 0 Å². The second-order valence-electron chi connectivity index (χ2n) is 8.06. The van der Waals surface area contributed by atoms with E-state index in [0.717, 1.165) is 22.2 Å². The van der Waals surface area contributed by atoms with Crippen LogP contribution in [0.4, 0.5) is 9.18 Å². The number of alkyl carbamates (subject to hydrolysis) is 1. The molecule has 1 aromatic carbocycles. The molecule has 0 saturated heterocycles. The normalized spacial score (nSPS) is 16.5. The maximum Gasteiger partial charge on any atom is 0.407 e. The molecule has 1 atom stereocenters. The zero-order chi connectivity index (χ0) is 20.5. The summed E-state index contributed by atoms with van der Waals surface area (Å²) in [7, 11) is 0. The number of benzene rings is 1. The van der Waals surface area contributed by atoms with Gasteiger partial charge in [-0.15, -0.1) is 0 Å². The molecule has 6 nitrogen and oxygen atoms in total. The molecule has 0 spiro atoms. The molecule has 1 heterocycles. The molecular formula is C21H27FN2O4. The van der Waals surface area contributed by atoms with Crippen LogP contribution in [0.2, 0.25) is 0 Å². The number of fused-ring (bicyclic) bond motifs is 3. The monoisotopic (exact) mass is 390 g/mol. The minimum absolute atomic E-state index is 0.0927. The molecule has 0 radical (unpaired) electrons. The molecule has 1 amide bonds. The molecule has 0 bridgehead atoms. The van der Waals surface area contributed by atoms with Crippen molar-refractivity contribution in [2.75, 3.05) is 6.61 Å². The van der Waals surface area contributed by atoms with Crippen molar-refractivity contribution in [1.29, 1.82) is 0 Å². The first-order valence-corrected chi connectivity index (χ1v) is 9.62. The summed E-state index contributed by atoms with van der Waals surface area (Å²) in [6.45, 7) is 7.63. The number of carbonyl (C=O) groups is 2. The molecular weight excluding hydrogens is 363 g/mol. The lowest BCUT2D eigenvalue weighted by Gasteiger charge is -2.27. The van der Waals surface area contributed by atoms with Gasteiger partial charge in [0.05, 0.1) is 6.61 Å². The van der Waals surface area contributed by atoms with Crippen molar-refractivity contribution < 1.29 is 23.5 Å². The van der Waals surface area contributed by atoms with Crippen LogP contribution in [0.25, 0.3) is 10.9 Å². The zero-order valence-corrected chi connectivity index (χ0v) is 16.8. The number of hydrogen-bond donors (Lipinski definition) is 1. The molecule has 0 fully saturated rings. The average molecular weight is 390 g/mol. The SMILES string of the molecule is CCOC(=O)Cn1c2c(c3cc(F)ccc31)C[C@@H](NC(=O)OC(C)(C)C)CC2. The van der Waals surface area contributed by atoms with Gasteiger partial charge in [0.2, 0.25) is 0 Å². The fraction of sp³-hybridized carbons (Fsp3) is 0.524. The van der Waals surface area contributed by atoms with Crippen LogP contribution in [0.15, 0.2) is 18.2 Å². The number of amides is 1. The van der Waals surface area contributed by atoms with Gasteiger partial charge < -0.3 is 19.4 Å². The van der Waals surface area contributed by atoms with Gasteiger partial charge in [0, 0.05) is 22.6 Å². The third kappa shape index (κ3) is 4.46. The Kier molecular flexibility index (Phi) is 5.63. The molecule has 1 aliphatic rings. The van der Waals surface area contributed by atoms with Crippen molar-refractivity contribution in [2.24, 2.45) is 0 Å². The van der Waals surface area contributed by atoms with Crippen LogP contribution in [-0.2, 0) is 33.7 Å². The van der Waals surface area contributed by atoms with E-state index in [1.54, 1.807) is 13.0 Å². The van der Waals surface area contributed by atoms with Crippen molar-refractivity contribution in [3.05, 3.63) is 35.3 Å². The Labute approximate surface area is 164 Å². The summed E-state index contributed by atoms with van der Waals surface area (Å²) in [5.74, 6) is -0.647. The second-order valence-corrected chi connectivity index (χ2v) is 8.06. The molecule has 2 aromatic rings. The molecule has 1 aromatic heterocycles. The fourth-order valence-electron chi connectivity index (χ4n) is 3.74. The molecule has 28 heavy (non-hydrogen) atoms.